The van der Waals surface area contributed by atoms with Crippen LogP contribution in [0.25, 0.3) is 20.2 Å². The topological polar surface area (TPSA) is 12.4 Å². The third-order valence-corrected chi connectivity index (χ3v) is 5.63. The van der Waals surface area contributed by atoms with Crippen molar-refractivity contribution in [3.05, 3.63) is 59.2 Å². The molecule has 1 aliphatic rings. The first-order chi connectivity index (χ1) is 11.6. The second-order valence-corrected chi connectivity index (χ2v) is 7.42. The Bertz CT molecular complexity index is 928. The summed E-state index contributed by atoms with van der Waals surface area (Å²) in [5.74, 6) is 0.563. The van der Waals surface area contributed by atoms with Gasteiger partial charge < -0.3 is 0 Å². The number of benzene rings is 2. The fourth-order valence-corrected chi connectivity index (χ4v) is 4.36. The van der Waals surface area contributed by atoms with Crippen molar-refractivity contribution in [2.75, 3.05) is 0 Å². The third kappa shape index (κ3) is 2.91. The zero-order valence-corrected chi connectivity index (χ0v) is 15.9. The van der Waals surface area contributed by atoms with E-state index in [1.165, 1.54) is 36.9 Å². The highest BCUT2D eigenvalue weighted by atomic mass is 32.1. The van der Waals surface area contributed by atoms with Gasteiger partial charge in [0.1, 0.15) is 0 Å². The summed E-state index contributed by atoms with van der Waals surface area (Å²) in [5, 5.41) is 2.75. The van der Waals surface area contributed by atoms with Gasteiger partial charge in [0.05, 0.1) is 6.04 Å². The van der Waals surface area contributed by atoms with E-state index in [2.05, 4.69) is 68.2 Å². The highest BCUT2D eigenvalue weighted by Crippen LogP contribution is 2.40. The third-order valence-electron chi connectivity index (χ3n) is 4.40. The van der Waals surface area contributed by atoms with Crippen LogP contribution in [0, 0.1) is 0 Å². The molecule has 2 heterocycles. The smallest absolute Gasteiger partial charge is 0.0950 e. The van der Waals surface area contributed by atoms with E-state index in [1.807, 2.05) is 31.4 Å². The number of allylic oxidation sites excluding steroid dienone is 1. The summed E-state index contributed by atoms with van der Waals surface area (Å²) >= 11 is 1.89. The van der Waals surface area contributed by atoms with Crippen LogP contribution in [0.15, 0.2) is 53.0 Å². The number of rotatable bonds is 2. The Labute approximate surface area is 148 Å². The van der Waals surface area contributed by atoms with Crippen LogP contribution in [0.1, 0.15) is 57.7 Å². The largest absolute Gasteiger partial charge is 0.281 e. The first-order valence-electron chi connectivity index (χ1n) is 8.80. The van der Waals surface area contributed by atoms with E-state index in [0.29, 0.717) is 5.92 Å². The lowest BCUT2D eigenvalue weighted by atomic mass is 9.99. The average Bonchev–Trinajstić information content (AvgIpc) is 3.19. The Kier molecular flexibility index (Phi) is 4.86. The van der Waals surface area contributed by atoms with Crippen LogP contribution in [0.3, 0.4) is 0 Å². The monoisotopic (exact) mass is 335 g/mol. The Hall–Kier alpha value is -1.93. The molecule has 1 aliphatic heterocycles. The van der Waals surface area contributed by atoms with Gasteiger partial charge in [-0.15, -0.1) is 11.3 Å². The predicted molar refractivity (Wildman–Crippen MR) is 110 cm³/mol. The Morgan fingerprint density at radius 2 is 1.83 bits per heavy atom. The van der Waals surface area contributed by atoms with Gasteiger partial charge in [-0.25, -0.2) is 0 Å². The van der Waals surface area contributed by atoms with Gasteiger partial charge in [-0.2, -0.15) is 0 Å². The number of hydrogen-bond acceptors (Lipinski definition) is 2. The highest BCUT2D eigenvalue weighted by molar-refractivity contribution is 7.26. The molecule has 0 N–H and O–H groups in total. The van der Waals surface area contributed by atoms with Crippen LogP contribution in [-0.2, 0) is 0 Å². The Morgan fingerprint density at radius 3 is 2.50 bits per heavy atom. The van der Waals surface area contributed by atoms with Gasteiger partial charge in [0.25, 0.3) is 0 Å². The summed E-state index contributed by atoms with van der Waals surface area (Å²) in [4.78, 5) is 4.64. The van der Waals surface area contributed by atoms with Crippen molar-refractivity contribution in [2.45, 2.75) is 46.6 Å². The lowest BCUT2D eigenvalue weighted by molar-refractivity contribution is 0.869. The molecule has 1 aromatic heterocycles. The molecule has 124 valence electrons. The number of thiophene rings is 1. The number of fused-ring (bicyclic) bond motifs is 3. The summed E-state index contributed by atoms with van der Waals surface area (Å²) < 4.78 is 2.75. The molecule has 1 nitrogen and oxygen atoms in total. The van der Waals surface area contributed by atoms with Gasteiger partial charge in [-0.3, -0.25) is 4.99 Å². The minimum absolute atomic E-state index is 0.182. The molecule has 0 bridgehead atoms. The van der Waals surface area contributed by atoms with E-state index in [1.54, 1.807) is 0 Å². The highest BCUT2D eigenvalue weighted by Gasteiger charge is 2.17. The molecule has 2 heteroatoms. The Balaban J connectivity index is 0.000000815. The number of nitrogens with zero attached hydrogens (tertiary/aromatic N) is 1. The molecule has 0 saturated carbocycles. The quantitative estimate of drug-likeness (QED) is 0.466. The second kappa shape index (κ2) is 6.90. The summed E-state index contributed by atoms with van der Waals surface area (Å²) in [6.07, 6.45) is 4.23. The normalized spacial score (nSPS) is 16.6. The van der Waals surface area contributed by atoms with E-state index in [-0.39, 0.29) is 6.04 Å². The zero-order valence-electron chi connectivity index (χ0n) is 15.1. The van der Waals surface area contributed by atoms with Gasteiger partial charge >= 0.3 is 0 Å². The lowest BCUT2D eigenvalue weighted by Gasteiger charge is -2.07. The maximum atomic E-state index is 4.64. The van der Waals surface area contributed by atoms with Crippen molar-refractivity contribution < 1.29 is 0 Å². The second-order valence-electron chi connectivity index (χ2n) is 6.37. The average molecular weight is 336 g/mol. The molecule has 1 unspecified atom stereocenters. The van der Waals surface area contributed by atoms with E-state index < -0.39 is 0 Å². The number of aliphatic imine (C=N–C) groups is 1. The minimum Gasteiger partial charge on any atom is -0.281 e. The maximum Gasteiger partial charge on any atom is 0.0950 e. The molecule has 0 aliphatic carbocycles. The van der Waals surface area contributed by atoms with Gasteiger partial charge in [-0.05, 0) is 41.7 Å². The molecule has 0 saturated heterocycles. The molecular weight excluding hydrogens is 310 g/mol. The van der Waals surface area contributed by atoms with Gasteiger partial charge in [0.15, 0.2) is 0 Å². The van der Waals surface area contributed by atoms with Crippen LogP contribution in [-0.4, -0.2) is 6.21 Å². The maximum absolute atomic E-state index is 4.64. The lowest BCUT2D eigenvalue weighted by Crippen LogP contribution is -1.88. The van der Waals surface area contributed by atoms with Gasteiger partial charge in [0, 0.05) is 26.4 Å². The van der Waals surface area contributed by atoms with Crippen LogP contribution < -0.4 is 0 Å². The molecule has 0 fully saturated rings. The summed E-state index contributed by atoms with van der Waals surface area (Å²) in [6, 6.07) is 13.7. The van der Waals surface area contributed by atoms with Gasteiger partial charge in [0.2, 0.25) is 0 Å². The van der Waals surface area contributed by atoms with Gasteiger partial charge in [-0.1, -0.05) is 58.0 Å². The first kappa shape index (κ1) is 16.9. The summed E-state index contributed by atoms with van der Waals surface area (Å²) in [6.45, 7) is 10.6. The minimum atomic E-state index is 0.182. The molecule has 2 aromatic carbocycles. The van der Waals surface area contributed by atoms with Crippen molar-refractivity contribution in [1.29, 1.82) is 0 Å². The van der Waals surface area contributed by atoms with E-state index >= 15 is 0 Å². The van der Waals surface area contributed by atoms with Crippen molar-refractivity contribution >= 4 is 37.7 Å². The molecular formula is C22H25NS. The summed E-state index contributed by atoms with van der Waals surface area (Å²) in [7, 11) is 0. The fraction of sp³-hybridized carbons (Fsp3) is 0.318. The molecule has 24 heavy (non-hydrogen) atoms. The van der Waals surface area contributed by atoms with E-state index in [0.717, 1.165) is 0 Å². The Morgan fingerprint density at radius 1 is 1.04 bits per heavy atom. The number of hydrogen-bond donors (Lipinski definition) is 0. The van der Waals surface area contributed by atoms with Crippen molar-refractivity contribution in [2.24, 2.45) is 4.99 Å². The first-order valence-corrected chi connectivity index (χ1v) is 9.62. The molecule has 1 atom stereocenters. The fourth-order valence-electron chi connectivity index (χ4n) is 3.13. The van der Waals surface area contributed by atoms with Crippen LogP contribution >= 0.6 is 11.3 Å². The SMILES string of the molecule is CC.CC1=CC(c2cccc3c2sc2ccc(C(C)C)cc23)N=C1. The molecule has 0 spiro atoms. The molecule has 3 aromatic rings. The molecule has 4 rings (SSSR count). The van der Waals surface area contributed by atoms with Crippen LogP contribution in [0.2, 0.25) is 0 Å². The zero-order chi connectivity index (χ0) is 17.3. The van der Waals surface area contributed by atoms with Crippen LogP contribution in [0.4, 0.5) is 0 Å². The van der Waals surface area contributed by atoms with E-state index in [4.69, 9.17) is 0 Å². The van der Waals surface area contributed by atoms with E-state index in [9.17, 15) is 0 Å². The van der Waals surface area contributed by atoms with Crippen molar-refractivity contribution in [1.82, 2.24) is 0 Å². The van der Waals surface area contributed by atoms with Crippen molar-refractivity contribution in [3.63, 3.8) is 0 Å². The molecule has 0 amide bonds. The standard InChI is InChI=1S/C20H19NS.C2H6/c1-12(2)14-7-8-19-17(10-14)15-5-4-6-16(20(15)22-19)18-9-13(3)11-21-18;1-2/h4-12,18H,1-3H3;1-2H3. The summed E-state index contributed by atoms with van der Waals surface area (Å²) in [5.41, 5.74) is 4.00. The van der Waals surface area contributed by atoms with Crippen molar-refractivity contribution in [3.8, 4) is 0 Å². The predicted octanol–water partition coefficient (Wildman–Crippen LogP) is 7.28. The molecule has 0 radical (unpaired) electrons. The van der Waals surface area contributed by atoms with Crippen LogP contribution in [0.5, 0.6) is 0 Å².